The highest BCUT2D eigenvalue weighted by atomic mass is 31.2. The van der Waals surface area contributed by atoms with Gasteiger partial charge in [-0.1, -0.05) is 6.08 Å². The summed E-state index contributed by atoms with van der Waals surface area (Å²) in [5.74, 6) is -0.968. The van der Waals surface area contributed by atoms with E-state index in [0.717, 1.165) is 0 Å². The van der Waals surface area contributed by atoms with E-state index in [1.54, 1.807) is 50.5 Å². The summed E-state index contributed by atoms with van der Waals surface area (Å²) in [5.41, 5.74) is 2.45. The molecule has 36 heavy (non-hydrogen) atoms. The van der Waals surface area contributed by atoms with Gasteiger partial charge in [0, 0.05) is 41.1 Å². The van der Waals surface area contributed by atoms with Crippen molar-refractivity contribution >= 4 is 36.0 Å². The molecule has 1 unspecified atom stereocenters. The maximum atomic E-state index is 13.0. The van der Waals surface area contributed by atoms with Crippen molar-refractivity contribution in [2.75, 3.05) is 11.5 Å². The van der Waals surface area contributed by atoms with E-state index in [2.05, 4.69) is 4.98 Å². The Bertz CT molecular complexity index is 1470. The van der Waals surface area contributed by atoms with Crippen molar-refractivity contribution in [2.24, 2.45) is 0 Å². The zero-order valence-corrected chi connectivity index (χ0v) is 21.2. The van der Waals surface area contributed by atoms with Crippen molar-refractivity contribution in [3.8, 4) is 11.1 Å². The molecule has 1 aromatic carbocycles. The van der Waals surface area contributed by atoms with Gasteiger partial charge in [-0.2, -0.15) is 0 Å². The largest absolute Gasteiger partial charge is 0.481 e. The molecule has 0 bridgehead atoms. The highest BCUT2D eigenvalue weighted by molar-refractivity contribution is 7.46. The van der Waals surface area contributed by atoms with E-state index in [1.165, 1.54) is 0 Å². The number of phosphoric acid groups is 1. The van der Waals surface area contributed by atoms with Crippen molar-refractivity contribution in [3.63, 3.8) is 0 Å². The number of benzene rings is 1. The zero-order chi connectivity index (χ0) is 26.4. The van der Waals surface area contributed by atoms with Gasteiger partial charge < -0.3 is 24.2 Å². The van der Waals surface area contributed by atoms with Gasteiger partial charge in [0.1, 0.15) is 5.58 Å². The smallest absolute Gasteiger partial charge is 0.469 e. The molecule has 0 spiro atoms. The molecule has 11 heteroatoms. The molecule has 1 atom stereocenters. The number of phosphoric ester groups is 1. The van der Waals surface area contributed by atoms with Crippen LogP contribution in [0.3, 0.4) is 0 Å². The van der Waals surface area contributed by atoms with Crippen LogP contribution in [0.1, 0.15) is 38.3 Å². The predicted molar refractivity (Wildman–Crippen MR) is 135 cm³/mol. The minimum absolute atomic E-state index is 0.146. The second-order valence-electron chi connectivity index (χ2n) is 9.40. The molecule has 0 saturated carbocycles. The lowest BCUT2D eigenvalue weighted by Crippen LogP contribution is -2.51. The highest BCUT2D eigenvalue weighted by Gasteiger charge is 2.37. The molecule has 3 N–H and O–H groups in total. The summed E-state index contributed by atoms with van der Waals surface area (Å²) in [4.78, 5) is 49.0. The monoisotopic (exact) mass is 514 g/mol. The summed E-state index contributed by atoms with van der Waals surface area (Å²) < 4.78 is 22.0. The molecule has 10 nitrogen and oxygen atoms in total. The molecule has 0 saturated heterocycles. The van der Waals surface area contributed by atoms with Gasteiger partial charge in [-0.15, -0.1) is 0 Å². The molecular formula is C25H27N2O8P. The maximum Gasteiger partial charge on any atom is 0.469 e. The number of nitrogens with zero attached hydrogens (tertiary/aromatic N) is 2. The van der Waals surface area contributed by atoms with Crippen LogP contribution < -0.4 is 10.5 Å². The molecular weight excluding hydrogens is 487 g/mol. The lowest BCUT2D eigenvalue weighted by molar-refractivity contribution is -0.137. The van der Waals surface area contributed by atoms with Crippen LogP contribution in [-0.2, 0) is 13.9 Å². The number of aryl methyl sites for hydroxylation is 1. The average molecular weight is 514 g/mol. The Morgan fingerprint density at radius 1 is 1.25 bits per heavy atom. The SMILES string of the molecule is Cc1c(-c2ccncc2)c(=O)oc2cc3c(cc12)C(COP(=O)(O)O)=CC(C)(C)N3C(C)CC(=O)O. The molecule has 0 aliphatic carbocycles. The normalized spacial score (nSPS) is 15.9. The first kappa shape index (κ1) is 25.8. The molecule has 0 amide bonds. The van der Waals surface area contributed by atoms with E-state index in [1.807, 2.05) is 24.8 Å². The molecule has 4 rings (SSSR count). The second-order valence-corrected chi connectivity index (χ2v) is 10.6. The third-order valence-corrected chi connectivity index (χ3v) is 6.77. The van der Waals surface area contributed by atoms with Crippen LogP contribution in [0.4, 0.5) is 5.69 Å². The molecule has 0 radical (unpaired) electrons. The molecule has 190 valence electrons. The van der Waals surface area contributed by atoms with Crippen molar-refractivity contribution in [3.05, 3.63) is 64.3 Å². The number of rotatable bonds is 7. The number of carbonyl (C=O) groups is 1. The third kappa shape index (κ3) is 4.99. The van der Waals surface area contributed by atoms with E-state index in [9.17, 15) is 29.0 Å². The average Bonchev–Trinajstić information content (AvgIpc) is 2.75. The summed E-state index contributed by atoms with van der Waals surface area (Å²) in [6.07, 6.45) is 4.82. The standard InChI is InChI=1S/C25H27N2O8P/c1-14(9-22(28)29)27-20-11-21-18(15(2)23(24(30)35-21)16-5-7-26-8-6-16)10-19(20)17(12-25(27,3)4)13-34-36(31,32)33/h5-8,10-12,14H,9,13H2,1-4H3,(H,28,29)(H2,31,32,33). The summed E-state index contributed by atoms with van der Waals surface area (Å²) in [6, 6.07) is 6.44. The number of hydrogen-bond acceptors (Lipinski definition) is 7. The fourth-order valence-electron chi connectivity index (χ4n) is 5.00. The fraction of sp³-hybridized carbons (Fsp3) is 0.320. The number of fused-ring (bicyclic) bond motifs is 2. The molecule has 3 aromatic rings. The number of hydrogen-bond donors (Lipinski definition) is 3. The highest BCUT2D eigenvalue weighted by Crippen LogP contribution is 2.45. The predicted octanol–water partition coefficient (Wildman–Crippen LogP) is 4.12. The Hall–Kier alpha value is -3.30. The Morgan fingerprint density at radius 3 is 2.53 bits per heavy atom. The molecule has 3 heterocycles. The van der Waals surface area contributed by atoms with Gasteiger partial charge in [-0.3, -0.25) is 14.3 Å². The Kier molecular flexibility index (Phi) is 6.66. The van der Waals surface area contributed by atoms with Crippen molar-refractivity contribution in [1.82, 2.24) is 4.98 Å². The summed E-state index contributed by atoms with van der Waals surface area (Å²) in [6.45, 7) is 6.95. The van der Waals surface area contributed by atoms with Gasteiger partial charge in [-0.25, -0.2) is 9.36 Å². The second kappa shape index (κ2) is 9.29. The van der Waals surface area contributed by atoms with Crippen LogP contribution in [-0.4, -0.2) is 44.0 Å². The lowest BCUT2D eigenvalue weighted by Gasteiger charge is -2.47. The topological polar surface area (TPSA) is 150 Å². The zero-order valence-electron chi connectivity index (χ0n) is 20.3. The minimum atomic E-state index is -4.75. The van der Waals surface area contributed by atoms with E-state index >= 15 is 0 Å². The van der Waals surface area contributed by atoms with Crippen molar-refractivity contribution in [1.29, 1.82) is 0 Å². The first-order valence-corrected chi connectivity index (χ1v) is 12.8. The van der Waals surface area contributed by atoms with E-state index < -0.39 is 31.0 Å². The molecule has 1 aliphatic rings. The van der Waals surface area contributed by atoms with Crippen molar-refractivity contribution in [2.45, 2.75) is 45.7 Å². The molecule has 1 aliphatic heterocycles. The Balaban J connectivity index is 1.98. The van der Waals surface area contributed by atoms with Crippen LogP contribution in [0.2, 0.25) is 0 Å². The molecule has 2 aromatic heterocycles. The van der Waals surface area contributed by atoms with Gasteiger partial charge in [-0.05, 0) is 62.6 Å². The van der Waals surface area contributed by atoms with Crippen LogP contribution in [0, 0.1) is 6.92 Å². The number of aliphatic carboxylic acids is 1. The summed E-state index contributed by atoms with van der Waals surface area (Å²) in [7, 11) is -4.75. The van der Waals surface area contributed by atoms with Crippen LogP contribution in [0.15, 0.2) is 51.9 Å². The summed E-state index contributed by atoms with van der Waals surface area (Å²) >= 11 is 0. The Morgan fingerprint density at radius 2 is 1.92 bits per heavy atom. The Labute approximate surface area is 207 Å². The van der Waals surface area contributed by atoms with Crippen LogP contribution in [0.25, 0.3) is 27.7 Å². The quantitative estimate of drug-likeness (QED) is 0.310. The number of aromatic nitrogens is 1. The number of carboxylic acid groups (broad SMARTS) is 1. The number of pyridine rings is 1. The van der Waals surface area contributed by atoms with Gasteiger partial charge in [0.25, 0.3) is 0 Å². The lowest BCUT2D eigenvalue weighted by atomic mass is 9.85. The van der Waals surface area contributed by atoms with Gasteiger partial charge >= 0.3 is 19.4 Å². The first-order valence-electron chi connectivity index (χ1n) is 11.2. The van der Waals surface area contributed by atoms with Gasteiger partial charge in [0.05, 0.1) is 24.1 Å². The van der Waals surface area contributed by atoms with E-state index in [-0.39, 0.29) is 13.0 Å². The van der Waals surface area contributed by atoms with Crippen LogP contribution in [0.5, 0.6) is 0 Å². The first-order chi connectivity index (χ1) is 16.8. The fourth-order valence-corrected chi connectivity index (χ4v) is 5.31. The number of anilines is 1. The minimum Gasteiger partial charge on any atom is -0.481 e. The van der Waals surface area contributed by atoms with Gasteiger partial charge in [0.2, 0.25) is 0 Å². The molecule has 0 fully saturated rings. The van der Waals surface area contributed by atoms with E-state index in [4.69, 9.17) is 8.94 Å². The third-order valence-electron chi connectivity index (χ3n) is 6.31. The van der Waals surface area contributed by atoms with E-state index in [0.29, 0.717) is 44.5 Å². The maximum absolute atomic E-state index is 13.0. The van der Waals surface area contributed by atoms with Crippen molar-refractivity contribution < 1.29 is 33.2 Å². The van der Waals surface area contributed by atoms with Gasteiger partial charge in [0.15, 0.2) is 0 Å². The number of carboxylic acids is 1. The summed E-state index contributed by atoms with van der Waals surface area (Å²) in [5, 5.41) is 10.1. The van der Waals surface area contributed by atoms with Crippen LogP contribution >= 0.6 is 7.82 Å².